The number of hydrogen-bond acceptors (Lipinski definition) is 3. The van der Waals surface area contributed by atoms with Crippen molar-refractivity contribution in [1.82, 2.24) is 19.4 Å². The number of rotatable bonds is 3. The van der Waals surface area contributed by atoms with Gasteiger partial charge in [-0.3, -0.25) is 4.98 Å². The first-order chi connectivity index (χ1) is 11.8. The first kappa shape index (κ1) is 17.2. The maximum absolute atomic E-state index is 12.8. The summed E-state index contributed by atoms with van der Waals surface area (Å²) < 4.78 is 39.8. The zero-order valence-electron chi connectivity index (χ0n) is 13.6. The summed E-state index contributed by atoms with van der Waals surface area (Å²) in [6, 6.07) is 3.17. The second-order valence-corrected chi connectivity index (χ2v) is 6.15. The number of halogens is 3. The van der Waals surface area contributed by atoms with Crippen molar-refractivity contribution < 1.29 is 18.0 Å². The van der Waals surface area contributed by atoms with Crippen LogP contribution in [0, 0.1) is 5.92 Å². The van der Waals surface area contributed by atoms with E-state index in [1.165, 1.54) is 4.90 Å². The molecule has 3 heterocycles. The first-order valence-corrected chi connectivity index (χ1v) is 7.88. The van der Waals surface area contributed by atoms with E-state index < -0.39 is 11.9 Å². The van der Waals surface area contributed by atoms with Gasteiger partial charge in [0.05, 0.1) is 11.9 Å². The molecule has 1 aliphatic heterocycles. The Kier molecular flexibility index (Phi) is 4.65. The summed E-state index contributed by atoms with van der Waals surface area (Å²) >= 11 is 0. The summed E-state index contributed by atoms with van der Waals surface area (Å²) in [6.45, 7) is 0.869. The molecule has 1 N–H and O–H groups in total. The van der Waals surface area contributed by atoms with Crippen LogP contribution in [-0.4, -0.2) is 39.1 Å². The van der Waals surface area contributed by atoms with Crippen molar-refractivity contribution in [3.63, 3.8) is 0 Å². The number of hydrogen-bond donors (Lipinski definition) is 1. The van der Waals surface area contributed by atoms with Crippen LogP contribution in [0.15, 0.2) is 30.7 Å². The number of aryl methyl sites for hydroxylation is 1. The monoisotopic (exact) mass is 353 g/mol. The molecule has 6 nitrogen and oxygen atoms in total. The van der Waals surface area contributed by atoms with Crippen LogP contribution in [0.25, 0.3) is 0 Å². The zero-order valence-corrected chi connectivity index (χ0v) is 13.6. The Hall–Kier alpha value is -2.58. The Bertz CT molecular complexity index is 744. The molecule has 2 aromatic rings. The number of amides is 2. The van der Waals surface area contributed by atoms with Crippen molar-refractivity contribution in [3.8, 4) is 0 Å². The van der Waals surface area contributed by atoms with E-state index >= 15 is 0 Å². The number of urea groups is 1. The van der Waals surface area contributed by atoms with Gasteiger partial charge in [-0.1, -0.05) is 0 Å². The lowest BCUT2D eigenvalue weighted by molar-refractivity contribution is -0.141. The number of carbonyl (C=O) groups is 1. The number of pyridine rings is 1. The molecule has 0 fully saturated rings. The normalized spacial score (nSPS) is 17.0. The van der Waals surface area contributed by atoms with Gasteiger partial charge in [0.15, 0.2) is 5.69 Å². The summed E-state index contributed by atoms with van der Waals surface area (Å²) in [5.74, 6) is 0.526. The summed E-state index contributed by atoms with van der Waals surface area (Å²) in [5, 5.41) is 2.73. The maximum Gasteiger partial charge on any atom is 0.434 e. The van der Waals surface area contributed by atoms with Crippen LogP contribution in [0.1, 0.15) is 17.9 Å². The predicted octanol–water partition coefficient (Wildman–Crippen LogP) is 3.02. The van der Waals surface area contributed by atoms with E-state index in [0.717, 1.165) is 6.20 Å². The molecule has 0 bridgehead atoms. The second-order valence-electron chi connectivity index (χ2n) is 6.15. The number of fused-ring (bicyclic) bond motifs is 1. The molecule has 1 aliphatic rings. The number of aromatic nitrogens is 3. The standard InChI is InChI=1S/C16H18F3N5O/c1-23(15(25)21-12-3-2-6-20-7-12)8-11-4-5-14-22-13(16(17,18)19)10-24(14)9-11/h2-3,6-7,10-11H,4-5,8-9H2,1H3,(H,21,25). The van der Waals surface area contributed by atoms with E-state index in [1.54, 1.807) is 36.1 Å². The van der Waals surface area contributed by atoms with E-state index in [4.69, 9.17) is 0 Å². The number of nitrogens with one attached hydrogen (secondary N) is 1. The van der Waals surface area contributed by atoms with Gasteiger partial charge in [0, 0.05) is 39.0 Å². The average Bonchev–Trinajstić information content (AvgIpc) is 2.99. The lowest BCUT2D eigenvalue weighted by Crippen LogP contribution is -2.37. The highest BCUT2D eigenvalue weighted by atomic mass is 19.4. The molecule has 1 unspecified atom stereocenters. The Balaban J connectivity index is 1.59. The average molecular weight is 353 g/mol. The SMILES string of the molecule is CN(CC1CCc2nc(C(F)(F)F)cn2C1)C(=O)Nc1cccnc1. The molecular weight excluding hydrogens is 335 g/mol. The van der Waals surface area contributed by atoms with Gasteiger partial charge < -0.3 is 14.8 Å². The Morgan fingerprint density at radius 2 is 2.28 bits per heavy atom. The van der Waals surface area contributed by atoms with Crippen molar-refractivity contribution in [3.05, 3.63) is 42.2 Å². The lowest BCUT2D eigenvalue weighted by Gasteiger charge is -2.28. The van der Waals surface area contributed by atoms with Crippen LogP contribution in [0.3, 0.4) is 0 Å². The molecule has 0 saturated carbocycles. The molecule has 0 aromatic carbocycles. The van der Waals surface area contributed by atoms with Gasteiger partial charge in [-0.15, -0.1) is 0 Å². The zero-order chi connectivity index (χ0) is 18.0. The van der Waals surface area contributed by atoms with E-state index in [9.17, 15) is 18.0 Å². The van der Waals surface area contributed by atoms with E-state index in [0.29, 0.717) is 37.4 Å². The highest BCUT2D eigenvalue weighted by Crippen LogP contribution is 2.30. The number of anilines is 1. The third kappa shape index (κ3) is 4.09. The quantitative estimate of drug-likeness (QED) is 0.923. The molecule has 2 aromatic heterocycles. The number of carbonyl (C=O) groups excluding carboxylic acids is 1. The smallest absolute Gasteiger partial charge is 0.334 e. The van der Waals surface area contributed by atoms with Crippen molar-refractivity contribution in [2.45, 2.75) is 25.6 Å². The summed E-state index contributed by atoms with van der Waals surface area (Å²) in [4.78, 5) is 21.3. The summed E-state index contributed by atoms with van der Waals surface area (Å²) in [6.07, 6.45) is 0.942. The van der Waals surface area contributed by atoms with Crippen LogP contribution in [0.2, 0.25) is 0 Å². The molecule has 134 valence electrons. The van der Waals surface area contributed by atoms with Crippen LogP contribution >= 0.6 is 0 Å². The van der Waals surface area contributed by atoms with Crippen molar-refractivity contribution in [2.24, 2.45) is 5.92 Å². The fourth-order valence-electron chi connectivity index (χ4n) is 2.93. The minimum Gasteiger partial charge on any atom is -0.334 e. The molecule has 25 heavy (non-hydrogen) atoms. The minimum absolute atomic E-state index is 0.0763. The number of nitrogens with zero attached hydrogens (tertiary/aromatic N) is 4. The molecule has 1 atom stereocenters. The number of alkyl halides is 3. The highest BCUT2D eigenvalue weighted by molar-refractivity contribution is 5.88. The van der Waals surface area contributed by atoms with Crippen LogP contribution in [-0.2, 0) is 19.1 Å². The van der Waals surface area contributed by atoms with Gasteiger partial charge in [-0.2, -0.15) is 13.2 Å². The summed E-state index contributed by atoms with van der Waals surface area (Å²) in [7, 11) is 1.66. The lowest BCUT2D eigenvalue weighted by atomic mass is 9.99. The maximum atomic E-state index is 12.8. The van der Waals surface area contributed by atoms with Crippen LogP contribution in [0.5, 0.6) is 0 Å². The highest BCUT2D eigenvalue weighted by Gasteiger charge is 2.36. The molecular formula is C16H18F3N5O. The van der Waals surface area contributed by atoms with Gasteiger partial charge in [-0.05, 0) is 24.5 Å². The van der Waals surface area contributed by atoms with Gasteiger partial charge in [0.1, 0.15) is 5.82 Å². The largest absolute Gasteiger partial charge is 0.434 e. The Labute approximate surface area is 142 Å². The van der Waals surface area contributed by atoms with E-state index in [2.05, 4.69) is 15.3 Å². The first-order valence-electron chi connectivity index (χ1n) is 7.88. The van der Waals surface area contributed by atoms with E-state index in [-0.39, 0.29) is 11.9 Å². The number of imidazole rings is 1. The predicted molar refractivity (Wildman–Crippen MR) is 84.9 cm³/mol. The van der Waals surface area contributed by atoms with Gasteiger partial charge in [0.2, 0.25) is 0 Å². The van der Waals surface area contributed by atoms with Crippen LogP contribution in [0.4, 0.5) is 23.7 Å². The minimum atomic E-state index is -4.43. The second kappa shape index (κ2) is 6.73. The molecule has 0 saturated heterocycles. The van der Waals surface area contributed by atoms with Crippen molar-refractivity contribution in [2.75, 3.05) is 18.9 Å². The van der Waals surface area contributed by atoms with Gasteiger partial charge in [-0.25, -0.2) is 9.78 Å². The molecule has 0 spiro atoms. The fraction of sp³-hybridized carbons (Fsp3) is 0.438. The van der Waals surface area contributed by atoms with Gasteiger partial charge >= 0.3 is 12.2 Å². The third-order valence-electron chi connectivity index (χ3n) is 4.17. The Morgan fingerprint density at radius 3 is 2.96 bits per heavy atom. The molecule has 2 amide bonds. The van der Waals surface area contributed by atoms with Crippen molar-refractivity contribution >= 4 is 11.7 Å². The van der Waals surface area contributed by atoms with Crippen molar-refractivity contribution in [1.29, 1.82) is 0 Å². The third-order valence-corrected chi connectivity index (χ3v) is 4.17. The topological polar surface area (TPSA) is 63.1 Å². The molecule has 0 aliphatic carbocycles. The van der Waals surface area contributed by atoms with Gasteiger partial charge in [0.25, 0.3) is 0 Å². The fourth-order valence-corrected chi connectivity index (χ4v) is 2.93. The van der Waals surface area contributed by atoms with Crippen LogP contribution < -0.4 is 5.32 Å². The summed E-state index contributed by atoms with van der Waals surface area (Å²) in [5.41, 5.74) is -0.263. The molecule has 0 radical (unpaired) electrons. The molecule has 9 heteroatoms. The Morgan fingerprint density at radius 1 is 1.48 bits per heavy atom. The van der Waals surface area contributed by atoms with E-state index in [1.807, 2.05) is 0 Å². The molecule has 3 rings (SSSR count).